The van der Waals surface area contributed by atoms with Crippen molar-refractivity contribution in [3.8, 4) is 0 Å². The normalized spacial score (nSPS) is 18.8. The number of allylic oxidation sites excluding steroid dienone is 4. The molecule has 0 saturated heterocycles. The summed E-state index contributed by atoms with van der Waals surface area (Å²) in [6.07, 6.45) is 5.37. The van der Waals surface area contributed by atoms with Crippen LogP contribution in [0.15, 0.2) is 60.7 Å². The van der Waals surface area contributed by atoms with Crippen molar-refractivity contribution in [2.45, 2.75) is 62.7 Å². The van der Waals surface area contributed by atoms with Gasteiger partial charge in [0.2, 0.25) is 0 Å². The van der Waals surface area contributed by atoms with Crippen molar-refractivity contribution in [3.05, 3.63) is 82.9 Å². The summed E-state index contributed by atoms with van der Waals surface area (Å²) in [5, 5.41) is 0. The molecule has 0 aliphatic heterocycles. The van der Waals surface area contributed by atoms with E-state index < -0.39 is 21.0 Å². The summed E-state index contributed by atoms with van der Waals surface area (Å²) in [5.41, 5.74) is 9.68. The molecule has 0 bridgehead atoms. The average Bonchev–Trinajstić information content (AvgIpc) is 3.22. The van der Waals surface area contributed by atoms with Crippen LogP contribution in [-0.4, -0.2) is 3.26 Å². The molecule has 0 fully saturated rings. The Hall–Kier alpha value is -0.760. The molecule has 32 heavy (non-hydrogen) atoms. The van der Waals surface area contributed by atoms with Crippen LogP contribution >= 0.6 is 0 Å². The van der Waals surface area contributed by atoms with E-state index in [0.29, 0.717) is 7.35 Å². The van der Waals surface area contributed by atoms with Gasteiger partial charge in [-0.2, -0.15) is 0 Å². The SMILES string of the molecule is C[C](C)=[Hf+2]([CH]1C=C(C(C)(C)C)c2ccccc21)[CH]1C=C(C(C)(C)C)c2ccccc21.[Cl-].[Cl-]. The first kappa shape index (κ1) is 27.5. The van der Waals surface area contributed by atoms with Gasteiger partial charge >= 0.3 is 192 Å². The molecule has 2 atom stereocenters. The van der Waals surface area contributed by atoms with Gasteiger partial charge in [-0.1, -0.05) is 0 Å². The molecule has 0 radical (unpaired) electrons. The van der Waals surface area contributed by atoms with E-state index in [-0.39, 0.29) is 35.6 Å². The van der Waals surface area contributed by atoms with Gasteiger partial charge in [-0.3, -0.25) is 0 Å². The van der Waals surface area contributed by atoms with Crippen molar-refractivity contribution in [2.75, 3.05) is 0 Å². The molecule has 0 spiro atoms. The molecule has 4 rings (SSSR count). The Morgan fingerprint density at radius 3 is 1.28 bits per heavy atom. The van der Waals surface area contributed by atoms with Crippen LogP contribution in [0, 0.1) is 10.8 Å². The Morgan fingerprint density at radius 2 is 0.969 bits per heavy atom. The van der Waals surface area contributed by atoms with Crippen LogP contribution in [0.5, 0.6) is 0 Å². The summed E-state index contributed by atoms with van der Waals surface area (Å²) in [6.45, 7) is 19.1. The number of hydrogen-bond donors (Lipinski definition) is 0. The molecule has 2 unspecified atom stereocenters. The van der Waals surface area contributed by atoms with E-state index in [0.717, 1.165) is 0 Å². The first-order valence-corrected chi connectivity index (χ1v) is 17.2. The first-order chi connectivity index (χ1) is 14.0. The van der Waals surface area contributed by atoms with Crippen LogP contribution < -0.4 is 24.8 Å². The maximum absolute atomic E-state index is 2.69. The van der Waals surface area contributed by atoms with Crippen LogP contribution in [-0.2, 0) is 21.0 Å². The Bertz CT molecular complexity index is 1010. The standard InChI is InChI=1S/2C13H15.C3H6.2ClH.Hf/c2*1-13(2,3)12-9-8-10-6-4-5-7-11(10)12;1-3-2;;;/h2*4-9H,1-3H3;1-2H3;2*1H;/q;;;;;+2/p-2. The topological polar surface area (TPSA) is 0 Å². The smallest absolute Gasteiger partial charge is 1.00 e. The van der Waals surface area contributed by atoms with Crippen molar-refractivity contribution in [1.82, 2.24) is 0 Å². The maximum atomic E-state index is 2.69. The van der Waals surface area contributed by atoms with Gasteiger partial charge in [0.1, 0.15) is 0 Å². The van der Waals surface area contributed by atoms with Gasteiger partial charge in [0.25, 0.3) is 0 Å². The first-order valence-electron chi connectivity index (χ1n) is 11.3. The largest absolute Gasteiger partial charge is 1.00 e. The van der Waals surface area contributed by atoms with E-state index in [1.165, 1.54) is 11.1 Å². The predicted octanol–water partition coefficient (Wildman–Crippen LogP) is 2.19. The minimum Gasteiger partial charge on any atom is -1.00 e. The molecule has 170 valence electrons. The minimum atomic E-state index is -2.31. The fourth-order valence-corrected chi connectivity index (χ4v) is 17.9. The fraction of sp³-hybridized carbons (Fsp3) is 0.414. The quantitative estimate of drug-likeness (QED) is 0.446. The molecule has 0 heterocycles. The molecular weight excluding hydrogens is 598 g/mol. The van der Waals surface area contributed by atoms with E-state index in [2.05, 4.69) is 116 Å². The summed E-state index contributed by atoms with van der Waals surface area (Å²) in [6, 6.07) is 18.5. The van der Waals surface area contributed by atoms with Crippen molar-refractivity contribution in [1.29, 1.82) is 0 Å². The Morgan fingerprint density at radius 1 is 0.625 bits per heavy atom. The Kier molecular flexibility index (Phi) is 8.46. The second-order valence-corrected chi connectivity index (χ2v) is 22.6. The van der Waals surface area contributed by atoms with Crippen molar-refractivity contribution in [2.24, 2.45) is 10.8 Å². The number of rotatable bonds is 2. The number of benzene rings is 2. The molecular formula is C29H36Cl2Hf. The van der Waals surface area contributed by atoms with Gasteiger partial charge in [-0.25, -0.2) is 0 Å². The summed E-state index contributed by atoms with van der Waals surface area (Å²) < 4.78 is 3.01. The zero-order valence-electron chi connectivity index (χ0n) is 20.7. The number of fused-ring (bicyclic) bond motifs is 2. The Labute approximate surface area is 215 Å². The van der Waals surface area contributed by atoms with E-state index in [1.54, 1.807) is 25.5 Å². The van der Waals surface area contributed by atoms with Crippen LogP contribution in [0.3, 0.4) is 0 Å². The Balaban J connectivity index is 0.00000181. The van der Waals surface area contributed by atoms with E-state index in [1.807, 2.05) is 0 Å². The molecule has 0 nitrogen and oxygen atoms in total. The average molecular weight is 634 g/mol. The molecule has 2 aromatic rings. The van der Waals surface area contributed by atoms with Crippen molar-refractivity contribution in [3.63, 3.8) is 0 Å². The van der Waals surface area contributed by atoms with E-state index >= 15 is 0 Å². The van der Waals surface area contributed by atoms with Gasteiger partial charge < -0.3 is 24.8 Å². The monoisotopic (exact) mass is 634 g/mol. The second kappa shape index (κ2) is 9.85. The summed E-state index contributed by atoms with van der Waals surface area (Å²) >= 11 is -2.31. The van der Waals surface area contributed by atoms with Gasteiger partial charge in [0, 0.05) is 0 Å². The number of halogens is 2. The van der Waals surface area contributed by atoms with Gasteiger partial charge in [-0.05, 0) is 0 Å². The molecule has 0 amide bonds. The molecule has 2 aromatic carbocycles. The second-order valence-electron chi connectivity index (χ2n) is 11.2. The van der Waals surface area contributed by atoms with E-state index in [9.17, 15) is 0 Å². The van der Waals surface area contributed by atoms with Crippen LogP contribution in [0.4, 0.5) is 0 Å². The van der Waals surface area contributed by atoms with Gasteiger partial charge in [0.05, 0.1) is 0 Å². The third kappa shape index (κ3) is 4.86. The molecule has 2 aliphatic rings. The summed E-state index contributed by atoms with van der Waals surface area (Å²) in [5.74, 6) is 0. The van der Waals surface area contributed by atoms with Crippen molar-refractivity contribution < 1.29 is 45.8 Å². The molecule has 2 aliphatic carbocycles. The maximum Gasteiger partial charge on any atom is -1.00 e. The number of hydrogen-bond acceptors (Lipinski definition) is 0. The third-order valence-electron chi connectivity index (χ3n) is 6.70. The third-order valence-corrected chi connectivity index (χ3v) is 19.1. The fourth-order valence-electron chi connectivity index (χ4n) is 5.36. The van der Waals surface area contributed by atoms with Crippen molar-refractivity contribution >= 4 is 14.4 Å². The van der Waals surface area contributed by atoms with E-state index in [4.69, 9.17) is 0 Å². The van der Waals surface area contributed by atoms with Crippen LogP contribution in [0.1, 0.15) is 85.0 Å². The predicted molar refractivity (Wildman–Crippen MR) is 130 cm³/mol. The molecule has 0 aromatic heterocycles. The van der Waals surface area contributed by atoms with Crippen LogP contribution in [0.25, 0.3) is 11.1 Å². The molecule has 0 saturated carbocycles. The van der Waals surface area contributed by atoms with Gasteiger partial charge in [-0.15, -0.1) is 0 Å². The summed E-state index contributed by atoms with van der Waals surface area (Å²) in [4.78, 5) is 0. The zero-order chi connectivity index (χ0) is 21.8. The molecule has 0 N–H and O–H groups in total. The minimum absolute atomic E-state index is 0. The summed E-state index contributed by atoms with van der Waals surface area (Å²) in [7, 11) is 0. The zero-order valence-corrected chi connectivity index (χ0v) is 25.8. The van der Waals surface area contributed by atoms with Crippen LogP contribution in [0.2, 0.25) is 0 Å². The van der Waals surface area contributed by atoms with Gasteiger partial charge in [0.15, 0.2) is 0 Å². The molecule has 3 heteroatoms.